The molecular formula is C13H20FN. The van der Waals surface area contributed by atoms with Crippen molar-refractivity contribution in [2.75, 3.05) is 11.9 Å². The van der Waals surface area contributed by atoms with Gasteiger partial charge in [-0.25, -0.2) is 4.39 Å². The van der Waals surface area contributed by atoms with Crippen molar-refractivity contribution in [2.24, 2.45) is 5.92 Å². The highest BCUT2D eigenvalue weighted by Gasteiger charge is 2.06. The molecule has 1 aromatic rings. The first kappa shape index (κ1) is 12.0. The molecule has 2 heteroatoms. The van der Waals surface area contributed by atoms with Gasteiger partial charge in [0, 0.05) is 6.54 Å². The van der Waals surface area contributed by atoms with Crippen molar-refractivity contribution in [1.29, 1.82) is 0 Å². The molecule has 0 aromatic heterocycles. The molecule has 15 heavy (non-hydrogen) atoms. The predicted molar refractivity (Wildman–Crippen MR) is 63.7 cm³/mol. The molecule has 0 bridgehead atoms. The van der Waals surface area contributed by atoms with E-state index < -0.39 is 0 Å². The number of hydrogen-bond donors (Lipinski definition) is 1. The molecule has 1 atom stereocenters. The van der Waals surface area contributed by atoms with Crippen LogP contribution in [-0.4, -0.2) is 6.54 Å². The summed E-state index contributed by atoms with van der Waals surface area (Å²) in [6.45, 7) is 7.13. The molecule has 0 saturated heterocycles. The Kier molecular flexibility index (Phi) is 4.60. The molecule has 0 radical (unpaired) electrons. The van der Waals surface area contributed by atoms with Crippen molar-refractivity contribution < 1.29 is 4.39 Å². The van der Waals surface area contributed by atoms with E-state index in [2.05, 4.69) is 19.2 Å². The van der Waals surface area contributed by atoms with E-state index in [-0.39, 0.29) is 5.82 Å². The zero-order chi connectivity index (χ0) is 11.3. The highest BCUT2D eigenvalue weighted by atomic mass is 19.1. The maximum Gasteiger partial charge on any atom is 0.146 e. The maximum absolute atomic E-state index is 13.4. The third kappa shape index (κ3) is 3.54. The summed E-state index contributed by atoms with van der Waals surface area (Å²) in [5, 5.41) is 3.19. The van der Waals surface area contributed by atoms with Crippen LogP contribution in [0.2, 0.25) is 0 Å². The van der Waals surface area contributed by atoms with Crippen LogP contribution in [0.5, 0.6) is 0 Å². The average molecular weight is 209 g/mol. The number of hydrogen-bond acceptors (Lipinski definition) is 1. The van der Waals surface area contributed by atoms with Gasteiger partial charge in [-0.15, -0.1) is 0 Å². The Labute approximate surface area is 91.7 Å². The van der Waals surface area contributed by atoms with Crippen LogP contribution >= 0.6 is 0 Å². The van der Waals surface area contributed by atoms with Crippen LogP contribution in [0.4, 0.5) is 10.1 Å². The Bertz CT molecular complexity index is 289. The van der Waals surface area contributed by atoms with E-state index >= 15 is 0 Å². The smallest absolute Gasteiger partial charge is 0.146 e. The van der Waals surface area contributed by atoms with Crippen LogP contribution in [0.3, 0.4) is 0 Å². The molecule has 0 spiro atoms. The average Bonchev–Trinajstić information content (AvgIpc) is 2.17. The second-order valence-corrected chi connectivity index (χ2v) is 4.21. The van der Waals surface area contributed by atoms with Crippen LogP contribution in [0, 0.1) is 18.7 Å². The molecule has 0 amide bonds. The Balaban J connectivity index is 2.57. The van der Waals surface area contributed by atoms with Gasteiger partial charge in [0.25, 0.3) is 0 Å². The lowest BCUT2D eigenvalue weighted by Gasteiger charge is -2.14. The van der Waals surface area contributed by atoms with Crippen molar-refractivity contribution >= 4 is 5.69 Å². The van der Waals surface area contributed by atoms with Gasteiger partial charge in [0.15, 0.2) is 0 Å². The Morgan fingerprint density at radius 1 is 1.40 bits per heavy atom. The molecule has 0 aliphatic rings. The summed E-state index contributed by atoms with van der Waals surface area (Å²) in [4.78, 5) is 0. The predicted octanol–water partition coefficient (Wildman–Crippen LogP) is 3.98. The minimum absolute atomic E-state index is 0.154. The number of rotatable bonds is 5. The molecule has 0 fully saturated rings. The Morgan fingerprint density at radius 3 is 2.73 bits per heavy atom. The van der Waals surface area contributed by atoms with Crippen molar-refractivity contribution in [3.63, 3.8) is 0 Å². The summed E-state index contributed by atoms with van der Waals surface area (Å²) in [5.41, 5.74) is 1.62. The van der Waals surface area contributed by atoms with Crippen LogP contribution in [-0.2, 0) is 0 Å². The normalized spacial score (nSPS) is 12.5. The lowest BCUT2D eigenvalue weighted by Crippen LogP contribution is -2.12. The van der Waals surface area contributed by atoms with Gasteiger partial charge in [0.1, 0.15) is 5.82 Å². The third-order valence-electron chi connectivity index (χ3n) is 2.63. The molecule has 0 heterocycles. The molecule has 1 unspecified atom stereocenters. The van der Waals surface area contributed by atoms with Crippen LogP contribution in [0.25, 0.3) is 0 Å². The molecule has 1 rings (SSSR count). The lowest BCUT2D eigenvalue weighted by atomic mass is 10.1. The first-order valence-electron chi connectivity index (χ1n) is 5.64. The van der Waals surface area contributed by atoms with Gasteiger partial charge < -0.3 is 5.32 Å². The van der Waals surface area contributed by atoms with Crippen molar-refractivity contribution in [2.45, 2.75) is 33.6 Å². The molecule has 1 aromatic carbocycles. The molecule has 1 N–H and O–H groups in total. The number of para-hydroxylation sites is 1. The zero-order valence-electron chi connectivity index (χ0n) is 9.81. The Hall–Kier alpha value is -1.05. The second kappa shape index (κ2) is 5.74. The third-order valence-corrected chi connectivity index (χ3v) is 2.63. The van der Waals surface area contributed by atoms with Crippen molar-refractivity contribution in [3.05, 3.63) is 29.6 Å². The lowest BCUT2D eigenvalue weighted by molar-refractivity contribution is 0.547. The standard InChI is InChI=1S/C13H20FN/c1-4-6-10(2)9-15-13-11(3)7-5-8-12(13)14/h5,7-8,10,15H,4,6,9H2,1-3H3. The fraction of sp³-hybridized carbons (Fsp3) is 0.538. The number of nitrogens with one attached hydrogen (secondary N) is 1. The van der Waals surface area contributed by atoms with Gasteiger partial charge in [0.05, 0.1) is 5.69 Å². The first-order chi connectivity index (χ1) is 7.15. The minimum atomic E-state index is -0.154. The van der Waals surface area contributed by atoms with Gasteiger partial charge in [-0.1, -0.05) is 32.4 Å². The van der Waals surface area contributed by atoms with Gasteiger partial charge in [-0.2, -0.15) is 0 Å². The second-order valence-electron chi connectivity index (χ2n) is 4.21. The van der Waals surface area contributed by atoms with E-state index in [4.69, 9.17) is 0 Å². The summed E-state index contributed by atoms with van der Waals surface area (Å²) in [5.74, 6) is 0.438. The van der Waals surface area contributed by atoms with E-state index in [9.17, 15) is 4.39 Å². The zero-order valence-corrected chi connectivity index (χ0v) is 9.81. The number of aryl methyl sites for hydroxylation is 1. The molecular weight excluding hydrogens is 189 g/mol. The van der Waals surface area contributed by atoms with Gasteiger partial charge in [-0.05, 0) is 30.9 Å². The Morgan fingerprint density at radius 2 is 2.13 bits per heavy atom. The highest BCUT2D eigenvalue weighted by Crippen LogP contribution is 2.19. The topological polar surface area (TPSA) is 12.0 Å². The van der Waals surface area contributed by atoms with E-state index in [0.717, 1.165) is 12.1 Å². The van der Waals surface area contributed by atoms with Crippen molar-refractivity contribution in [1.82, 2.24) is 0 Å². The van der Waals surface area contributed by atoms with E-state index in [1.807, 2.05) is 13.0 Å². The summed E-state index contributed by atoms with van der Waals surface area (Å²) < 4.78 is 13.4. The maximum atomic E-state index is 13.4. The van der Waals surface area contributed by atoms with Crippen LogP contribution in [0.1, 0.15) is 32.3 Å². The largest absolute Gasteiger partial charge is 0.382 e. The van der Waals surface area contributed by atoms with Gasteiger partial charge in [-0.3, -0.25) is 0 Å². The molecule has 0 saturated carbocycles. The molecule has 1 nitrogen and oxygen atoms in total. The fourth-order valence-electron chi connectivity index (χ4n) is 1.73. The summed E-state index contributed by atoms with van der Waals surface area (Å²) in [6, 6.07) is 5.17. The SMILES string of the molecule is CCCC(C)CNc1c(C)cccc1F. The monoisotopic (exact) mass is 209 g/mol. The first-order valence-corrected chi connectivity index (χ1v) is 5.64. The molecule has 0 aliphatic carbocycles. The summed E-state index contributed by atoms with van der Waals surface area (Å²) in [7, 11) is 0. The summed E-state index contributed by atoms with van der Waals surface area (Å²) in [6.07, 6.45) is 2.36. The molecule has 0 aliphatic heterocycles. The molecule has 84 valence electrons. The van der Waals surface area contributed by atoms with E-state index in [0.29, 0.717) is 11.6 Å². The number of halogens is 1. The quantitative estimate of drug-likeness (QED) is 0.773. The van der Waals surface area contributed by atoms with E-state index in [1.165, 1.54) is 18.9 Å². The van der Waals surface area contributed by atoms with Crippen molar-refractivity contribution in [3.8, 4) is 0 Å². The van der Waals surface area contributed by atoms with Crippen LogP contribution in [0.15, 0.2) is 18.2 Å². The highest BCUT2D eigenvalue weighted by molar-refractivity contribution is 5.51. The minimum Gasteiger partial charge on any atom is -0.382 e. The fourth-order valence-corrected chi connectivity index (χ4v) is 1.73. The van der Waals surface area contributed by atoms with Crippen LogP contribution < -0.4 is 5.32 Å². The summed E-state index contributed by atoms with van der Waals surface area (Å²) >= 11 is 0. The van der Waals surface area contributed by atoms with E-state index in [1.54, 1.807) is 6.07 Å². The van der Waals surface area contributed by atoms with Gasteiger partial charge >= 0.3 is 0 Å². The van der Waals surface area contributed by atoms with Gasteiger partial charge in [0.2, 0.25) is 0 Å². The number of benzene rings is 1. The number of anilines is 1.